The van der Waals surface area contributed by atoms with Crippen molar-refractivity contribution in [2.45, 2.75) is 12.5 Å². The van der Waals surface area contributed by atoms with E-state index in [0.29, 0.717) is 11.3 Å². The number of amides is 1. The van der Waals surface area contributed by atoms with E-state index in [-0.39, 0.29) is 12.3 Å². The highest BCUT2D eigenvalue weighted by Gasteiger charge is 2.23. The molecule has 1 atom stereocenters. The van der Waals surface area contributed by atoms with Crippen LogP contribution in [0.25, 0.3) is 21.8 Å². The molecular weight excluding hydrogens is 366 g/mol. The zero-order valence-corrected chi connectivity index (χ0v) is 15.8. The molecule has 2 heterocycles. The number of carbonyl (C=O) groups is 2. The summed E-state index contributed by atoms with van der Waals surface area (Å²) in [4.78, 5) is 33.9. The maximum absolute atomic E-state index is 12.7. The lowest BCUT2D eigenvalue weighted by Crippen LogP contribution is -2.43. The summed E-state index contributed by atoms with van der Waals surface area (Å²) in [5.74, 6) is -0.915. The summed E-state index contributed by atoms with van der Waals surface area (Å²) in [6.07, 6.45) is 1.73. The molecule has 0 spiro atoms. The molecule has 144 valence electrons. The highest BCUT2D eigenvalue weighted by atomic mass is 16.5. The Kier molecular flexibility index (Phi) is 5.16. The third-order valence-electron chi connectivity index (χ3n) is 4.71. The zero-order chi connectivity index (χ0) is 20.2. The van der Waals surface area contributed by atoms with Crippen LogP contribution in [0, 0.1) is 0 Å². The minimum Gasteiger partial charge on any atom is -0.467 e. The fourth-order valence-electron chi connectivity index (χ4n) is 3.20. The number of rotatable bonds is 5. The van der Waals surface area contributed by atoms with Crippen LogP contribution in [0.15, 0.2) is 72.9 Å². The van der Waals surface area contributed by atoms with Gasteiger partial charge in [-0.2, -0.15) is 0 Å². The molecule has 0 saturated carbocycles. The maximum Gasteiger partial charge on any atom is 0.328 e. The number of carbonyl (C=O) groups excluding carboxylic acids is 2. The number of fused-ring (bicyclic) bond motifs is 2. The molecule has 0 fully saturated rings. The third kappa shape index (κ3) is 4.06. The van der Waals surface area contributed by atoms with Crippen molar-refractivity contribution in [1.29, 1.82) is 0 Å². The lowest BCUT2D eigenvalue weighted by atomic mass is 10.1. The summed E-state index contributed by atoms with van der Waals surface area (Å²) in [6.45, 7) is 0. The molecule has 0 radical (unpaired) electrons. The number of nitrogens with zero attached hydrogens (tertiary/aromatic N) is 2. The molecule has 6 nitrogen and oxygen atoms in total. The van der Waals surface area contributed by atoms with Crippen molar-refractivity contribution < 1.29 is 14.3 Å². The number of hydrogen-bond acceptors (Lipinski definition) is 5. The number of ether oxygens (including phenoxy) is 1. The lowest BCUT2D eigenvalue weighted by Gasteiger charge is -2.16. The Balaban J connectivity index is 1.57. The summed E-state index contributed by atoms with van der Waals surface area (Å²) < 4.78 is 4.88. The monoisotopic (exact) mass is 385 g/mol. The molecule has 0 aliphatic rings. The quantitative estimate of drug-likeness (QED) is 0.533. The Hall–Kier alpha value is -3.80. The molecular formula is C23H19N3O3. The number of hydrogen-bond donors (Lipinski definition) is 1. The molecule has 4 aromatic rings. The van der Waals surface area contributed by atoms with Gasteiger partial charge in [0, 0.05) is 29.1 Å². The zero-order valence-electron chi connectivity index (χ0n) is 15.8. The molecule has 29 heavy (non-hydrogen) atoms. The largest absolute Gasteiger partial charge is 0.467 e. The Morgan fingerprint density at radius 1 is 0.966 bits per heavy atom. The highest BCUT2D eigenvalue weighted by Crippen LogP contribution is 2.15. The van der Waals surface area contributed by atoms with E-state index < -0.39 is 12.0 Å². The van der Waals surface area contributed by atoms with E-state index in [9.17, 15) is 9.59 Å². The summed E-state index contributed by atoms with van der Waals surface area (Å²) in [5.41, 5.74) is 2.70. The van der Waals surface area contributed by atoms with Crippen molar-refractivity contribution in [3.8, 4) is 0 Å². The van der Waals surface area contributed by atoms with Gasteiger partial charge >= 0.3 is 5.97 Å². The Bertz CT molecular complexity index is 1210. The number of aromatic nitrogens is 2. The summed E-state index contributed by atoms with van der Waals surface area (Å²) in [6, 6.07) is 20.0. The van der Waals surface area contributed by atoms with Crippen molar-refractivity contribution in [3.63, 3.8) is 0 Å². The smallest absolute Gasteiger partial charge is 0.328 e. The molecule has 0 unspecified atom stereocenters. The lowest BCUT2D eigenvalue weighted by molar-refractivity contribution is -0.142. The van der Waals surface area contributed by atoms with Gasteiger partial charge in [0.1, 0.15) is 6.04 Å². The summed E-state index contributed by atoms with van der Waals surface area (Å²) >= 11 is 0. The van der Waals surface area contributed by atoms with Crippen LogP contribution in [0.2, 0.25) is 0 Å². The average molecular weight is 385 g/mol. The number of methoxy groups -OCH3 is 1. The summed E-state index contributed by atoms with van der Waals surface area (Å²) in [5, 5.41) is 4.62. The first-order valence-corrected chi connectivity index (χ1v) is 9.22. The topological polar surface area (TPSA) is 81.2 Å². The number of pyridine rings is 2. The molecule has 0 bridgehead atoms. The SMILES string of the molecule is COC(=O)[C@H](Cc1ccc2ccccc2n1)NC(=O)c1cnc2ccccc2c1. The molecule has 2 aromatic heterocycles. The number of benzene rings is 2. The van der Waals surface area contributed by atoms with Crippen LogP contribution >= 0.6 is 0 Å². The van der Waals surface area contributed by atoms with Crippen LogP contribution in [0.5, 0.6) is 0 Å². The molecule has 1 amide bonds. The first-order chi connectivity index (χ1) is 14.1. The van der Waals surface area contributed by atoms with Gasteiger partial charge in [0.05, 0.1) is 23.7 Å². The van der Waals surface area contributed by atoms with E-state index in [4.69, 9.17) is 4.74 Å². The van der Waals surface area contributed by atoms with Gasteiger partial charge in [-0.25, -0.2) is 4.79 Å². The molecule has 0 aliphatic carbocycles. The second-order valence-electron chi connectivity index (χ2n) is 6.67. The van der Waals surface area contributed by atoms with Gasteiger partial charge in [-0.05, 0) is 24.3 Å². The van der Waals surface area contributed by atoms with Gasteiger partial charge in [-0.3, -0.25) is 14.8 Å². The van der Waals surface area contributed by atoms with Crippen LogP contribution in [-0.4, -0.2) is 35.0 Å². The Morgan fingerprint density at radius 2 is 1.69 bits per heavy atom. The van der Waals surface area contributed by atoms with Crippen LogP contribution in [0.3, 0.4) is 0 Å². The number of nitrogens with one attached hydrogen (secondary N) is 1. The molecule has 0 aliphatic heterocycles. The fraction of sp³-hybridized carbons (Fsp3) is 0.130. The van der Waals surface area contributed by atoms with E-state index in [1.165, 1.54) is 13.3 Å². The predicted octanol–water partition coefficient (Wildman–Crippen LogP) is 3.30. The van der Waals surface area contributed by atoms with Crippen molar-refractivity contribution in [2.24, 2.45) is 0 Å². The third-order valence-corrected chi connectivity index (χ3v) is 4.71. The number of esters is 1. The standard InChI is InChI=1S/C23H19N3O3/c1-29-23(28)21(13-18-11-10-15-6-2-5-9-20(15)25-18)26-22(27)17-12-16-7-3-4-8-19(16)24-14-17/h2-12,14,21H,13H2,1H3,(H,26,27)/t21-/m0/s1. The van der Waals surface area contributed by atoms with Crippen molar-refractivity contribution in [1.82, 2.24) is 15.3 Å². The normalized spacial score (nSPS) is 11.9. The fourth-order valence-corrected chi connectivity index (χ4v) is 3.20. The molecule has 6 heteroatoms. The van der Waals surface area contributed by atoms with E-state index in [2.05, 4.69) is 15.3 Å². The minimum atomic E-state index is -0.854. The minimum absolute atomic E-state index is 0.226. The molecule has 4 rings (SSSR count). The first-order valence-electron chi connectivity index (χ1n) is 9.22. The summed E-state index contributed by atoms with van der Waals surface area (Å²) in [7, 11) is 1.30. The van der Waals surface area contributed by atoms with Gasteiger partial charge in [0.15, 0.2) is 0 Å². The highest BCUT2D eigenvalue weighted by molar-refractivity contribution is 5.99. The van der Waals surface area contributed by atoms with Crippen LogP contribution in [0.1, 0.15) is 16.1 Å². The van der Waals surface area contributed by atoms with Crippen LogP contribution in [0.4, 0.5) is 0 Å². The molecule has 1 N–H and O–H groups in total. The second kappa shape index (κ2) is 8.06. The van der Waals surface area contributed by atoms with E-state index in [1.807, 2.05) is 60.7 Å². The molecule has 2 aromatic carbocycles. The van der Waals surface area contributed by atoms with Crippen LogP contribution in [-0.2, 0) is 16.0 Å². The Morgan fingerprint density at radius 3 is 2.48 bits per heavy atom. The predicted molar refractivity (Wildman–Crippen MR) is 110 cm³/mol. The van der Waals surface area contributed by atoms with Gasteiger partial charge in [-0.1, -0.05) is 42.5 Å². The van der Waals surface area contributed by atoms with Gasteiger partial charge in [0.2, 0.25) is 0 Å². The van der Waals surface area contributed by atoms with Gasteiger partial charge < -0.3 is 10.1 Å². The maximum atomic E-state index is 12.7. The van der Waals surface area contributed by atoms with Gasteiger partial charge in [0.25, 0.3) is 5.91 Å². The van der Waals surface area contributed by atoms with Crippen molar-refractivity contribution >= 4 is 33.7 Å². The second-order valence-corrected chi connectivity index (χ2v) is 6.67. The van der Waals surface area contributed by atoms with E-state index in [1.54, 1.807) is 6.07 Å². The first kappa shape index (κ1) is 18.6. The number of para-hydroxylation sites is 2. The van der Waals surface area contributed by atoms with Crippen molar-refractivity contribution in [2.75, 3.05) is 7.11 Å². The Labute approximate surface area is 167 Å². The van der Waals surface area contributed by atoms with Crippen molar-refractivity contribution in [3.05, 3.63) is 84.2 Å². The van der Waals surface area contributed by atoms with E-state index in [0.717, 1.165) is 21.8 Å². The van der Waals surface area contributed by atoms with E-state index >= 15 is 0 Å². The van der Waals surface area contributed by atoms with Crippen LogP contribution < -0.4 is 5.32 Å². The molecule has 0 saturated heterocycles. The van der Waals surface area contributed by atoms with Gasteiger partial charge in [-0.15, -0.1) is 0 Å². The average Bonchev–Trinajstić information content (AvgIpc) is 2.77.